The number of nitrogens with one attached hydrogen (secondary N) is 1. The maximum absolute atomic E-state index is 13.7. The van der Waals surface area contributed by atoms with Crippen molar-refractivity contribution in [3.63, 3.8) is 0 Å². The van der Waals surface area contributed by atoms with Gasteiger partial charge in [0.1, 0.15) is 5.75 Å². The normalized spacial score (nSPS) is 14.4. The van der Waals surface area contributed by atoms with E-state index in [0.29, 0.717) is 24.3 Å². The van der Waals surface area contributed by atoms with Crippen molar-refractivity contribution in [2.75, 3.05) is 26.8 Å². The molecule has 1 unspecified atom stereocenters. The predicted molar refractivity (Wildman–Crippen MR) is 160 cm³/mol. The second kappa shape index (κ2) is 12.9. The topological polar surface area (TPSA) is 180 Å². The van der Waals surface area contributed by atoms with Crippen LogP contribution in [0.5, 0.6) is 5.75 Å². The fourth-order valence-corrected chi connectivity index (χ4v) is 5.50. The number of ketones is 1. The predicted octanol–water partition coefficient (Wildman–Crippen LogP) is 2.56. The van der Waals surface area contributed by atoms with E-state index in [2.05, 4.69) is 4.98 Å². The number of hydrogen-bond acceptors (Lipinski definition) is 8. The van der Waals surface area contributed by atoms with Crippen molar-refractivity contribution in [2.24, 2.45) is 5.73 Å². The van der Waals surface area contributed by atoms with E-state index in [4.69, 9.17) is 15.2 Å². The van der Waals surface area contributed by atoms with Gasteiger partial charge in [0.15, 0.2) is 5.78 Å². The number of methoxy groups -OCH3 is 1. The van der Waals surface area contributed by atoms with E-state index >= 15 is 0 Å². The molecular formula is C31H31N5O8. The molecule has 4 aromatic rings. The number of H-pyrrole nitrogens is 1. The molecule has 0 spiro atoms. The van der Waals surface area contributed by atoms with Crippen LogP contribution < -0.4 is 16.2 Å². The van der Waals surface area contributed by atoms with Crippen molar-refractivity contribution in [1.29, 1.82) is 0 Å². The molecule has 1 aromatic heterocycles. The van der Waals surface area contributed by atoms with Gasteiger partial charge in [-0.25, -0.2) is 4.79 Å². The lowest BCUT2D eigenvalue weighted by molar-refractivity contribution is -0.385. The highest BCUT2D eigenvalue weighted by molar-refractivity contribution is 6.16. The summed E-state index contributed by atoms with van der Waals surface area (Å²) in [5, 5.41) is 12.5. The largest absolute Gasteiger partial charge is 0.497 e. The van der Waals surface area contributed by atoms with Gasteiger partial charge in [0, 0.05) is 24.8 Å². The van der Waals surface area contributed by atoms with Gasteiger partial charge in [-0.15, -0.1) is 0 Å². The summed E-state index contributed by atoms with van der Waals surface area (Å²) in [5.41, 5.74) is 5.11. The van der Waals surface area contributed by atoms with Crippen LogP contribution in [0.2, 0.25) is 0 Å². The molecule has 1 aliphatic rings. The van der Waals surface area contributed by atoms with E-state index in [1.807, 2.05) is 0 Å². The minimum atomic E-state index is -0.753. The number of rotatable bonds is 12. The molecular weight excluding hydrogens is 570 g/mol. The maximum atomic E-state index is 13.7. The number of fused-ring (bicyclic) bond motifs is 1. The fraction of sp³-hybridized carbons (Fsp3) is 0.290. The van der Waals surface area contributed by atoms with Gasteiger partial charge in [0.25, 0.3) is 5.69 Å². The standard InChI is InChI=1S/C31H31N5O8/c1-43-21-10-5-7-19(13-21)16-35-29-23(15-27(38)34(18-26(32)37)17-22-11-6-12-44-22)25(36(41)42)14-24(28(29)33-31(35)40)30(39)20-8-3-2-4-9-20/h2-5,7-10,13-14,22H,6,11-12,15-18H2,1H3,(H2,32,37)(H,33,40). The van der Waals surface area contributed by atoms with E-state index in [1.165, 1.54) is 16.6 Å². The first kappa shape index (κ1) is 30.2. The summed E-state index contributed by atoms with van der Waals surface area (Å²) in [7, 11) is 1.50. The average Bonchev–Trinajstić information content (AvgIpc) is 3.64. The molecule has 2 heterocycles. The van der Waals surface area contributed by atoms with E-state index in [1.54, 1.807) is 54.6 Å². The van der Waals surface area contributed by atoms with Crippen molar-refractivity contribution < 1.29 is 28.8 Å². The Morgan fingerprint density at radius 1 is 1.16 bits per heavy atom. The van der Waals surface area contributed by atoms with Gasteiger partial charge in [-0.05, 0) is 30.5 Å². The first-order valence-electron chi connectivity index (χ1n) is 14.0. The van der Waals surface area contributed by atoms with Gasteiger partial charge in [0.05, 0.1) is 59.8 Å². The number of nitrogens with two attached hydrogens (primary N) is 1. The van der Waals surface area contributed by atoms with Gasteiger partial charge < -0.3 is 25.1 Å². The summed E-state index contributed by atoms with van der Waals surface area (Å²) in [6, 6.07) is 16.2. The number of nitrogens with zero attached hydrogens (tertiary/aromatic N) is 3. The number of primary amides is 1. The maximum Gasteiger partial charge on any atom is 0.326 e. The van der Waals surface area contributed by atoms with Crippen LogP contribution in [-0.2, 0) is 27.3 Å². The summed E-state index contributed by atoms with van der Waals surface area (Å²) < 4.78 is 12.2. The van der Waals surface area contributed by atoms with E-state index < -0.39 is 46.9 Å². The number of carbonyl (C=O) groups is 3. The lowest BCUT2D eigenvalue weighted by atomic mass is 9.96. The Hall–Kier alpha value is -5.30. The molecule has 1 fully saturated rings. The van der Waals surface area contributed by atoms with Crippen LogP contribution in [0.1, 0.15) is 39.9 Å². The zero-order chi connectivity index (χ0) is 31.4. The number of amides is 2. The van der Waals surface area contributed by atoms with Gasteiger partial charge >= 0.3 is 5.69 Å². The highest BCUT2D eigenvalue weighted by atomic mass is 16.6. The number of aromatic amines is 1. The minimum absolute atomic E-state index is 0.0378. The lowest BCUT2D eigenvalue weighted by Crippen LogP contribution is -2.43. The summed E-state index contributed by atoms with van der Waals surface area (Å²) in [5.74, 6) is -1.38. The Kier molecular flexibility index (Phi) is 8.86. The molecule has 3 N–H and O–H groups in total. The van der Waals surface area contributed by atoms with Crippen molar-refractivity contribution in [3.8, 4) is 5.75 Å². The van der Waals surface area contributed by atoms with Crippen LogP contribution in [0, 0.1) is 10.1 Å². The van der Waals surface area contributed by atoms with Gasteiger partial charge in [-0.3, -0.25) is 29.1 Å². The molecule has 0 aliphatic carbocycles. The SMILES string of the molecule is COc1cccc(Cn2c(=O)[nH]c3c(C(=O)c4ccccc4)cc([N+](=O)[O-])c(CC(=O)N(CC(N)=O)CC4CCCO4)c32)c1. The third-order valence-corrected chi connectivity index (χ3v) is 7.56. The van der Waals surface area contributed by atoms with Crippen molar-refractivity contribution in [2.45, 2.75) is 31.9 Å². The van der Waals surface area contributed by atoms with Crippen molar-refractivity contribution >= 4 is 34.3 Å². The number of hydrogen-bond donors (Lipinski definition) is 2. The minimum Gasteiger partial charge on any atom is -0.497 e. The Morgan fingerprint density at radius 3 is 2.59 bits per heavy atom. The number of nitro benzene ring substituents is 1. The second-order valence-corrected chi connectivity index (χ2v) is 10.5. The number of imidazole rings is 1. The van der Waals surface area contributed by atoms with Crippen molar-refractivity contribution in [3.05, 3.63) is 104 Å². The summed E-state index contributed by atoms with van der Waals surface area (Å²) in [4.78, 5) is 68.4. The molecule has 1 atom stereocenters. The fourth-order valence-electron chi connectivity index (χ4n) is 5.50. The molecule has 2 amide bonds. The highest BCUT2D eigenvalue weighted by Gasteiger charge is 2.31. The number of carbonyl (C=O) groups excluding carboxylic acids is 3. The third kappa shape index (κ3) is 6.37. The Balaban J connectivity index is 1.69. The molecule has 0 radical (unpaired) electrons. The molecule has 3 aromatic carbocycles. The number of ether oxygens (including phenoxy) is 2. The molecule has 0 saturated carbocycles. The summed E-state index contributed by atoms with van der Waals surface area (Å²) >= 11 is 0. The highest BCUT2D eigenvalue weighted by Crippen LogP contribution is 2.33. The monoisotopic (exact) mass is 601 g/mol. The first-order chi connectivity index (χ1) is 21.2. The molecule has 44 heavy (non-hydrogen) atoms. The lowest BCUT2D eigenvalue weighted by Gasteiger charge is -2.24. The van der Waals surface area contributed by atoms with Gasteiger partial charge in [-0.2, -0.15) is 0 Å². The molecule has 13 nitrogen and oxygen atoms in total. The number of nitro groups is 1. The molecule has 228 valence electrons. The zero-order valence-corrected chi connectivity index (χ0v) is 24.0. The van der Waals surface area contributed by atoms with Crippen LogP contribution in [0.4, 0.5) is 5.69 Å². The smallest absolute Gasteiger partial charge is 0.326 e. The van der Waals surface area contributed by atoms with Crippen LogP contribution >= 0.6 is 0 Å². The van der Waals surface area contributed by atoms with E-state index in [-0.39, 0.29) is 46.9 Å². The summed E-state index contributed by atoms with van der Waals surface area (Å²) in [6.07, 6.45) is 0.632. The molecule has 1 saturated heterocycles. The van der Waals surface area contributed by atoms with Gasteiger partial charge in [0.2, 0.25) is 11.8 Å². The van der Waals surface area contributed by atoms with E-state index in [9.17, 15) is 29.3 Å². The Labute approximate surface area is 251 Å². The van der Waals surface area contributed by atoms with Crippen LogP contribution in [0.3, 0.4) is 0 Å². The molecule has 0 bridgehead atoms. The Bertz CT molecular complexity index is 1790. The molecule has 1 aliphatic heterocycles. The number of benzene rings is 3. The molecule has 13 heteroatoms. The Morgan fingerprint density at radius 2 is 1.93 bits per heavy atom. The zero-order valence-electron chi connectivity index (χ0n) is 24.0. The molecule has 5 rings (SSSR count). The third-order valence-electron chi connectivity index (χ3n) is 7.56. The van der Waals surface area contributed by atoms with E-state index in [0.717, 1.165) is 12.5 Å². The van der Waals surface area contributed by atoms with Crippen LogP contribution in [0.15, 0.2) is 65.5 Å². The second-order valence-electron chi connectivity index (χ2n) is 10.5. The number of aromatic nitrogens is 2. The van der Waals surface area contributed by atoms with Crippen LogP contribution in [-0.4, -0.2) is 69.9 Å². The van der Waals surface area contributed by atoms with Crippen molar-refractivity contribution in [1.82, 2.24) is 14.5 Å². The van der Waals surface area contributed by atoms with Crippen LogP contribution in [0.25, 0.3) is 11.0 Å². The average molecular weight is 602 g/mol. The van der Waals surface area contributed by atoms with Gasteiger partial charge in [-0.1, -0.05) is 42.5 Å². The quantitative estimate of drug-likeness (QED) is 0.141. The summed E-state index contributed by atoms with van der Waals surface area (Å²) in [6.45, 7) is 0.140. The first-order valence-corrected chi connectivity index (χ1v) is 14.0.